The van der Waals surface area contributed by atoms with Crippen molar-refractivity contribution in [1.82, 2.24) is 0 Å². The molecule has 2 fully saturated rings. The van der Waals surface area contributed by atoms with Crippen molar-refractivity contribution in [3.05, 3.63) is 0 Å². The number of hydrogen-bond donors (Lipinski definition) is 1. The molecule has 4 heteroatoms. The Balaban J connectivity index is 2.27. The maximum Gasteiger partial charge on any atom is 0.317 e. The highest BCUT2D eigenvalue weighted by Crippen LogP contribution is 2.48. The van der Waals surface area contributed by atoms with Gasteiger partial charge in [-0.25, -0.2) is 0 Å². The van der Waals surface area contributed by atoms with E-state index in [0.29, 0.717) is 12.8 Å². The zero-order chi connectivity index (χ0) is 12.5. The molecule has 0 amide bonds. The maximum absolute atomic E-state index is 12.7. The fourth-order valence-corrected chi connectivity index (χ4v) is 4.22. The van der Waals surface area contributed by atoms with Crippen molar-refractivity contribution < 1.29 is 14.7 Å². The van der Waals surface area contributed by atoms with Crippen molar-refractivity contribution in [2.75, 3.05) is 0 Å². The Morgan fingerprint density at radius 3 is 1.82 bits per heavy atom. The number of carbonyl (C=O) groups is 2. The minimum absolute atomic E-state index is 0.0605. The molecular formula is C13H19BrO3. The van der Waals surface area contributed by atoms with Crippen molar-refractivity contribution >= 4 is 27.7 Å². The molecule has 2 aliphatic rings. The lowest BCUT2D eigenvalue weighted by Crippen LogP contribution is -2.49. The number of hydrogen-bond acceptors (Lipinski definition) is 2. The minimum atomic E-state index is -1.11. The summed E-state index contributed by atoms with van der Waals surface area (Å²) in [5, 5.41) is 9.49. The molecule has 0 aromatic carbocycles. The molecule has 0 unspecified atom stereocenters. The van der Waals surface area contributed by atoms with Crippen LogP contribution in [0.3, 0.4) is 0 Å². The van der Waals surface area contributed by atoms with Gasteiger partial charge >= 0.3 is 5.97 Å². The predicted molar refractivity (Wildman–Crippen MR) is 68.3 cm³/mol. The maximum atomic E-state index is 12.7. The Kier molecular flexibility index (Phi) is 3.62. The van der Waals surface area contributed by atoms with Crippen molar-refractivity contribution in [1.29, 1.82) is 0 Å². The highest BCUT2D eigenvalue weighted by molar-refractivity contribution is 9.10. The number of ketones is 1. The summed E-state index contributed by atoms with van der Waals surface area (Å²) in [5.74, 6) is -0.970. The van der Waals surface area contributed by atoms with Crippen molar-refractivity contribution in [3.8, 4) is 0 Å². The highest BCUT2D eigenvalue weighted by Gasteiger charge is 2.54. The van der Waals surface area contributed by atoms with Crippen LogP contribution in [0.2, 0.25) is 0 Å². The molecule has 3 nitrogen and oxygen atoms in total. The first-order valence-corrected chi connectivity index (χ1v) is 7.28. The Morgan fingerprint density at radius 2 is 1.35 bits per heavy atom. The van der Waals surface area contributed by atoms with Crippen molar-refractivity contribution in [3.63, 3.8) is 0 Å². The first-order chi connectivity index (χ1) is 8.01. The van der Waals surface area contributed by atoms with Crippen LogP contribution in [0.25, 0.3) is 0 Å². The van der Waals surface area contributed by atoms with Crippen molar-refractivity contribution in [2.45, 2.75) is 62.1 Å². The van der Waals surface area contributed by atoms with E-state index in [0.717, 1.165) is 44.9 Å². The molecule has 0 atom stereocenters. The molecule has 0 bridgehead atoms. The van der Waals surface area contributed by atoms with Gasteiger partial charge in [0.25, 0.3) is 0 Å². The third-order valence-electron chi connectivity index (χ3n) is 4.35. The molecule has 0 saturated heterocycles. The second kappa shape index (κ2) is 4.71. The summed E-state index contributed by atoms with van der Waals surface area (Å²) in [6.45, 7) is 0. The second-order valence-electron chi connectivity index (χ2n) is 5.45. The van der Waals surface area contributed by atoms with Crippen LogP contribution >= 0.6 is 15.9 Å². The summed E-state index contributed by atoms with van der Waals surface area (Å²) in [5.41, 5.74) is -1.11. The quantitative estimate of drug-likeness (QED) is 0.643. The summed E-state index contributed by atoms with van der Waals surface area (Å²) in [4.78, 5) is 24.2. The average molecular weight is 303 g/mol. The van der Waals surface area contributed by atoms with Gasteiger partial charge < -0.3 is 5.11 Å². The highest BCUT2D eigenvalue weighted by atomic mass is 79.9. The topological polar surface area (TPSA) is 54.4 Å². The van der Waals surface area contributed by atoms with E-state index in [-0.39, 0.29) is 5.78 Å². The Labute approximate surface area is 110 Å². The fraction of sp³-hybridized carbons (Fsp3) is 0.846. The molecule has 0 heterocycles. The molecule has 0 aromatic rings. The van der Waals surface area contributed by atoms with Gasteiger partial charge in [0.1, 0.15) is 5.41 Å². The predicted octanol–water partition coefficient (Wildman–Crippen LogP) is 3.30. The van der Waals surface area contributed by atoms with Gasteiger partial charge in [0.05, 0.1) is 4.32 Å². The van der Waals surface area contributed by atoms with Crippen LogP contribution in [-0.4, -0.2) is 21.2 Å². The molecule has 17 heavy (non-hydrogen) atoms. The summed E-state index contributed by atoms with van der Waals surface area (Å²) < 4.78 is -0.553. The van der Waals surface area contributed by atoms with Crippen LogP contribution in [0, 0.1) is 5.41 Å². The van der Waals surface area contributed by atoms with Crippen LogP contribution in [0.5, 0.6) is 0 Å². The van der Waals surface area contributed by atoms with Crippen LogP contribution in [0.4, 0.5) is 0 Å². The molecule has 0 aliphatic heterocycles. The van der Waals surface area contributed by atoms with Gasteiger partial charge in [-0.1, -0.05) is 48.0 Å². The lowest BCUT2D eigenvalue weighted by molar-refractivity contribution is -0.158. The van der Waals surface area contributed by atoms with Crippen LogP contribution in [0.1, 0.15) is 57.8 Å². The van der Waals surface area contributed by atoms with Crippen LogP contribution in [-0.2, 0) is 9.59 Å². The first-order valence-electron chi connectivity index (χ1n) is 6.49. The monoisotopic (exact) mass is 302 g/mol. The molecule has 1 N–H and O–H groups in total. The number of carboxylic acid groups (broad SMARTS) is 1. The molecule has 0 radical (unpaired) electrons. The zero-order valence-corrected chi connectivity index (χ0v) is 11.6. The molecule has 96 valence electrons. The minimum Gasteiger partial charge on any atom is -0.480 e. The third kappa shape index (κ3) is 2.16. The van der Waals surface area contributed by atoms with E-state index in [2.05, 4.69) is 15.9 Å². The smallest absolute Gasteiger partial charge is 0.317 e. The summed E-state index contributed by atoms with van der Waals surface area (Å²) in [7, 11) is 0. The van der Waals surface area contributed by atoms with Gasteiger partial charge in [-0.3, -0.25) is 9.59 Å². The van der Waals surface area contributed by atoms with Crippen LogP contribution < -0.4 is 0 Å². The molecule has 0 spiro atoms. The lowest BCUT2D eigenvalue weighted by atomic mass is 9.67. The summed E-state index contributed by atoms with van der Waals surface area (Å²) in [6.07, 6.45) is 7.45. The Morgan fingerprint density at radius 1 is 0.882 bits per heavy atom. The SMILES string of the molecule is O=C(O)C1(C(=O)C2(Br)CCCC2)CCCCC1. The standard InChI is InChI=1S/C13H19BrO3/c14-13(8-4-5-9-13)10(15)12(11(16)17)6-2-1-3-7-12/h1-9H2,(H,16,17). The summed E-state index contributed by atoms with van der Waals surface area (Å²) in [6, 6.07) is 0. The molecule has 2 aliphatic carbocycles. The van der Waals surface area contributed by atoms with E-state index in [4.69, 9.17) is 0 Å². The van der Waals surface area contributed by atoms with Gasteiger partial charge in [0, 0.05) is 0 Å². The van der Waals surface area contributed by atoms with E-state index >= 15 is 0 Å². The van der Waals surface area contributed by atoms with Gasteiger partial charge in [-0.05, 0) is 25.7 Å². The third-order valence-corrected chi connectivity index (χ3v) is 5.51. The molecule has 2 rings (SSSR count). The number of aliphatic carboxylic acids is 1. The van der Waals surface area contributed by atoms with Gasteiger partial charge in [-0.15, -0.1) is 0 Å². The van der Waals surface area contributed by atoms with E-state index < -0.39 is 15.7 Å². The summed E-state index contributed by atoms with van der Waals surface area (Å²) >= 11 is 3.54. The van der Waals surface area contributed by atoms with Gasteiger partial charge in [-0.2, -0.15) is 0 Å². The average Bonchev–Trinajstić information content (AvgIpc) is 2.77. The van der Waals surface area contributed by atoms with E-state index in [9.17, 15) is 14.7 Å². The Bertz CT molecular complexity index is 326. The van der Waals surface area contributed by atoms with E-state index in [1.165, 1.54) is 0 Å². The zero-order valence-electron chi connectivity index (χ0n) is 10.0. The number of halogens is 1. The molecule has 2 saturated carbocycles. The van der Waals surface area contributed by atoms with E-state index in [1.54, 1.807) is 0 Å². The molecule has 0 aromatic heterocycles. The first kappa shape index (κ1) is 13.1. The van der Waals surface area contributed by atoms with Gasteiger partial charge in [0.15, 0.2) is 5.78 Å². The number of Topliss-reactive ketones (excluding diaryl/α,β-unsaturated/α-hetero) is 1. The normalized spacial score (nSPS) is 26.6. The van der Waals surface area contributed by atoms with Crippen LogP contribution in [0.15, 0.2) is 0 Å². The molecular weight excluding hydrogens is 284 g/mol. The Hall–Kier alpha value is -0.380. The number of carbonyl (C=O) groups excluding carboxylic acids is 1. The van der Waals surface area contributed by atoms with Gasteiger partial charge in [0.2, 0.25) is 0 Å². The number of alkyl halides is 1. The second-order valence-corrected chi connectivity index (χ2v) is 6.97. The fourth-order valence-electron chi connectivity index (χ4n) is 3.28. The number of carboxylic acids is 1. The lowest BCUT2D eigenvalue weighted by Gasteiger charge is -2.36. The van der Waals surface area contributed by atoms with E-state index in [1.807, 2.05) is 0 Å². The van der Waals surface area contributed by atoms with Crippen molar-refractivity contribution in [2.24, 2.45) is 5.41 Å². The largest absolute Gasteiger partial charge is 0.480 e. The number of rotatable bonds is 3.